The van der Waals surface area contributed by atoms with Crippen molar-refractivity contribution in [1.29, 1.82) is 0 Å². The summed E-state index contributed by atoms with van der Waals surface area (Å²) in [7, 11) is 2.87. The van der Waals surface area contributed by atoms with Gasteiger partial charge in [-0.05, 0) is 0 Å². The van der Waals surface area contributed by atoms with E-state index in [0.29, 0.717) is 11.5 Å². The molecule has 0 atom stereocenters. The van der Waals surface area contributed by atoms with E-state index < -0.39 is 0 Å². The van der Waals surface area contributed by atoms with Crippen LogP contribution in [0.15, 0.2) is 12.1 Å². The zero-order chi connectivity index (χ0) is 9.14. The van der Waals surface area contributed by atoms with Gasteiger partial charge in [-0.25, -0.2) is 0 Å². The molecule has 0 heterocycles. The number of phenols is 1. The number of hydrogen-bond donors (Lipinski definition) is 1. The Labute approximate surface area is 70.5 Å². The Hall–Kier alpha value is -1.58. The molecule has 4 heteroatoms. The lowest BCUT2D eigenvalue weighted by molar-refractivity contribution is 0.387. The topological polar surface area (TPSA) is 62.5 Å². The van der Waals surface area contributed by atoms with Gasteiger partial charge in [-0.1, -0.05) is 0 Å². The molecule has 12 heavy (non-hydrogen) atoms. The molecule has 0 amide bonds. The lowest BCUT2D eigenvalue weighted by atomic mass is 10.2. The first-order valence-corrected chi connectivity index (χ1v) is 3.35. The predicted molar refractivity (Wildman–Crippen MR) is 44.0 cm³/mol. The van der Waals surface area contributed by atoms with Crippen LogP contribution in [0.3, 0.4) is 0 Å². The fourth-order valence-electron chi connectivity index (χ4n) is 0.898. The quantitative estimate of drug-likeness (QED) is 0.677. The molecule has 0 spiro atoms. The van der Waals surface area contributed by atoms with Crippen LogP contribution >= 0.6 is 0 Å². The monoisotopic (exact) mass is 168 g/mol. The third-order valence-electron chi connectivity index (χ3n) is 1.49. The largest absolute Gasteiger partial charge is 0.508 e. The van der Waals surface area contributed by atoms with E-state index in [-0.39, 0.29) is 11.4 Å². The molecule has 0 saturated carbocycles. The van der Waals surface area contributed by atoms with Gasteiger partial charge in [0.2, 0.25) is 0 Å². The summed E-state index contributed by atoms with van der Waals surface area (Å²) in [5, 5.41) is 9.14. The fourth-order valence-corrected chi connectivity index (χ4v) is 0.898. The molecule has 4 nitrogen and oxygen atoms in total. The van der Waals surface area contributed by atoms with Gasteiger partial charge >= 0.3 is 0 Å². The van der Waals surface area contributed by atoms with E-state index in [0.717, 1.165) is 0 Å². The molecular weight excluding hydrogens is 158 g/mol. The molecular formula is C8H10NO3. The van der Waals surface area contributed by atoms with Crippen LogP contribution in [0.25, 0.3) is 0 Å². The maximum atomic E-state index is 9.14. The molecule has 1 aromatic rings. The second-order valence-electron chi connectivity index (χ2n) is 2.23. The molecule has 0 fully saturated rings. The highest BCUT2D eigenvalue weighted by Gasteiger charge is 2.08. The highest BCUT2D eigenvalue weighted by atomic mass is 16.5. The van der Waals surface area contributed by atoms with E-state index in [4.69, 9.17) is 20.3 Å². The van der Waals surface area contributed by atoms with Crippen molar-refractivity contribution in [1.82, 2.24) is 5.73 Å². The Morgan fingerprint density at radius 3 is 1.92 bits per heavy atom. The summed E-state index contributed by atoms with van der Waals surface area (Å²) in [4.78, 5) is 0. The molecule has 1 radical (unpaired) electrons. The Morgan fingerprint density at radius 1 is 1.17 bits per heavy atom. The van der Waals surface area contributed by atoms with Crippen LogP contribution in [-0.2, 0) is 0 Å². The smallest absolute Gasteiger partial charge is 0.151 e. The number of methoxy groups -OCH3 is 2. The van der Waals surface area contributed by atoms with E-state index in [1.165, 1.54) is 26.4 Å². The van der Waals surface area contributed by atoms with Crippen LogP contribution in [0, 0.1) is 0 Å². The van der Waals surface area contributed by atoms with Gasteiger partial charge in [0, 0.05) is 12.1 Å². The summed E-state index contributed by atoms with van der Waals surface area (Å²) in [6.45, 7) is 0. The van der Waals surface area contributed by atoms with Gasteiger partial charge < -0.3 is 14.6 Å². The summed E-state index contributed by atoms with van der Waals surface area (Å²) in [6, 6.07) is 2.73. The van der Waals surface area contributed by atoms with Crippen molar-refractivity contribution < 1.29 is 14.6 Å². The first-order chi connectivity index (χ1) is 5.69. The summed E-state index contributed by atoms with van der Waals surface area (Å²) in [5.74, 6) is 0.624. The van der Waals surface area contributed by atoms with Crippen molar-refractivity contribution >= 4 is 5.69 Å². The van der Waals surface area contributed by atoms with Crippen molar-refractivity contribution in [2.24, 2.45) is 0 Å². The minimum absolute atomic E-state index is 0.0275. The number of nitrogens with one attached hydrogen (secondary N) is 1. The minimum atomic E-state index is 0.0275. The van der Waals surface area contributed by atoms with Gasteiger partial charge in [0.15, 0.2) is 11.5 Å². The molecule has 0 aliphatic heterocycles. The number of phenolic OH excluding ortho intramolecular Hbond substituents is 1. The van der Waals surface area contributed by atoms with E-state index in [1.54, 1.807) is 0 Å². The molecule has 1 rings (SSSR count). The van der Waals surface area contributed by atoms with Crippen molar-refractivity contribution in [3.63, 3.8) is 0 Å². The number of rotatable bonds is 2. The zero-order valence-corrected chi connectivity index (χ0v) is 6.92. The first-order valence-electron chi connectivity index (χ1n) is 3.35. The lowest BCUT2D eigenvalue weighted by Gasteiger charge is -2.08. The van der Waals surface area contributed by atoms with Crippen LogP contribution in [0.2, 0.25) is 0 Å². The van der Waals surface area contributed by atoms with Gasteiger partial charge in [0.05, 0.1) is 14.2 Å². The van der Waals surface area contributed by atoms with Gasteiger partial charge in [0.25, 0.3) is 0 Å². The second kappa shape index (κ2) is 3.21. The van der Waals surface area contributed by atoms with Crippen LogP contribution in [0.1, 0.15) is 0 Å². The maximum Gasteiger partial charge on any atom is 0.151 e. The Bertz CT molecular complexity index is 261. The Kier molecular flexibility index (Phi) is 2.28. The molecule has 2 N–H and O–H groups in total. The van der Waals surface area contributed by atoms with Gasteiger partial charge in [-0.15, -0.1) is 0 Å². The van der Waals surface area contributed by atoms with E-state index in [9.17, 15) is 0 Å². The van der Waals surface area contributed by atoms with Gasteiger partial charge in [-0.3, -0.25) is 5.73 Å². The molecule has 0 saturated heterocycles. The highest BCUT2D eigenvalue weighted by Crippen LogP contribution is 2.36. The number of aromatic hydroxyl groups is 1. The standard InChI is InChI=1S/C8H10NO3/c1-11-6-3-5(10)4-7(12-2)8(6)9/h3-4,9-10H,1-2H3. The Morgan fingerprint density at radius 2 is 1.58 bits per heavy atom. The lowest BCUT2D eigenvalue weighted by Crippen LogP contribution is -1.90. The third-order valence-corrected chi connectivity index (χ3v) is 1.49. The maximum absolute atomic E-state index is 9.14. The summed E-state index contributed by atoms with van der Waals surface area (Å²) >= 11 is 0. The SMILES string of the molecule is COc1cc(O)cc(OC)c1[NH]. The number of ether oxygens (including phenoxy) is 2. The second-order valence-corrected chi connectivity index (χ2v) is 2.23. The zero-order valence-electron chi connectivity index (χ0n) is 6.92. The van der Waals surface area contributed by atoms with Crippen LogP contribution in [0.5, 0.6) is 17.2 Å². The summed E-state index contributed by atoms with van der Waals surface area (Å²) < 4.78 is 9.68. The fraction of sp³-hybridized carbons (Fsp3) is 0.250. The molecule has 65 valence electrons. The normalized spacial score (nSPS) is 9.50. The van der Waals surface area contributed by atoms with Crippen LogP contribution < -0.4 is 15.2 Å². The molecule has 0 aromatic heterocycles. The van der Waals surface area contributed by atoms with Crippen LogP contribution in [-0.4, -0.2) is 19.3 Å². The predicted octanol–water partition coefficient (Wildman–Crippen LogP) is 1.32. The molecule has 0 aliphatic carbocycles. The van der Waals surface area contributed by atoms with Gasteiger partial charge in [-0.2, -0.15) is 0 Å². The minimum Gasteiger partial charge on any atom is -0.508 e. The molecule has 0 unspecified atom stereocenters. The van der Waals surface area contributed by atoms with Crippen molar-refractivity contribution in [2.45, 2.75) is 0 Å². The van der Waals surface area contributed by atoms with E-state index in [1.807, 2.05) is 0 Å². The highest BCUT2D eigenvalue weighted by molar-refractivity contribution is 5.63. The first kappa shape index (κ1) is 8.52. The summed E-state index contributed by atoms with van der Waals surface area (Å²) in [5.41, 5.74) is 7.62. The number of hydrogen-bond acceptors (Lipinski definition) is 3. The Balaban J connectivity index is 3.22. The molecule has 0 bridgehead atoms. The van der Waals surface area contributed by atoms with Crippen molar-refractivity contribution in [2.75, 3.05) is 14.2 Å². The molecule has 0 aliphatic rings. The average Bonchev–Trinajstić information content (AvgIpc) is 2.08. The van der Waals surface area contributed by atoms with Crippen LogP contribution in [0.4, 0.5) is 5.69 Å². The third kappa shape index (κ3) is 1.37. The summed E-state index contributed by atoms with van der Waals surface area (Å²) in [6.07, 6.45) is 0. The molecule has 1 aromatic carbocycles. The average molecular weight is 168 g/mol. The van der Waals surface area contributed by atoms with E-state index >= 15 is 0 Å². The van der Waals surface area contributed by atoms with Gasteiger partial charge in [0.1, 0.15) is 11.4 Å². The number of benzene rings is 1. The van der Waals surface area contributed by atoms with E-state index in [2.05, 4.69) is 0 Å². The van der Waals surface area contributed by atoms with Crippen molar-refractivity contribution in [3.8, 4) is 17.2 Å². The van der Waals surface area contributed by atoms with Crippen molar-refractivity contribution in [3.05, 3.63) is 12.1 Å².